The number of hydrogen-bond donors (Lipinski definition) is 1. The highest BCUT2D eigenvalue weighted by atomic mass is 32.2. The molecule has 140 valence electrons. The number of esters is 1. The fourth-order valence-electron chi connectivity index (χ4n) is 2.52. The number of carbonyl (C=O) groups excluding carboxylic acids is 2. The largest absolute Gasteiger partial charge is 0.465 e. The molecule has 0 aliphatic rings. The van der Waals surface area contributed by atoms with Gasteiger partial charge in [-0.15, -0.1) is 0 Å². The van der Waals surface area contributed by atoms with Gasteiger partial charge in [0.2, 0.25) is 15.8 Å². The third-order valence-corrected chi connectivity index (χ3v) is 4.50. The Morgan fingerprint density at radius 3 is 2.12 bits per heavy atom. The van der Waals surface area contributed by atoms with Crippen LogP contribution < -0.4 is 4.72 Å². The van der Waals surface area contributed by atoms with Crippen molar-refractivity contribution in [2.75, 3.05) is 11.0 Å². The van der Waals surface area contributed by atoms with Crippen molar-refractivity contribution in [1.82, 2.24) is 0 Å². The van der Waals surface area contributed by atoms with Gasteiger partial charge in [-0.25, -0.2) is 13.2 Å². The molecule has 26 heavy (non-hydrogen) atoms. The Kier molecular flexibility index (Phi) is 5.56. The molecule has 7 nitrogen and oxygen atoms in total. The molecule has 0 bridgehead atoms. The van der Waals surface area contributed by atoms with Crippen LogP contribution in [-0.4, -0.2) is 32.5 Å². The molecule has 0 saturated carbocycles. The summed E-state index contributed by atoms with van der Waals surface area (Å²) in [5, 5.41) is 0. The molecule has 0 fully saturated rings. The van der Waals surface area contributed by atoms with Gasteiger partial charge in [-0.2, -0.15) is 0 Å². The van der Waals surface area contributed by atoms with Crippen molar-refractivity contribution in [3.8, 4) is 0 Å². The van der Waals surface area contributed by atoms with Crippen LogP contribution in [0.2, 0.25) is 0 Å². The molecule has 2 aromatic rings. The van der Waals surface area contributed by atoms with Gasteiger partial charge in [-0.3, -0.25) is 9.52 Å². The van der Waals surface area contributed by atoms with Crippen LogP contribution in [0.4, 0.5) is 5.69 Å². The van der Waals surface area contributed by atoms with E-state index in [1.165, 1.54) is 31.2 Å². The Hall–Kier alpha value is -2.61. The summed E-state index contributed by atoms with van der Waals surface area (Å²) in [5.74, 6) is 0.0658. The smallest absolute Gasteiger partial charge is 0.342 e. The van der Waals surface area contributed by atoms with Crippen molar-refractivity contribution in [2.45, 2.75) is 33.8 Å². The maximum absolute atomic E-state index is 12.4. The van der Waals surface area contributed by atoms with Gasteiger partial charge in [0, 0.05) is 16.8 Å². The molecule has 0 aliphatic heterocycles. The molecule has 1 heterocycles. The van der Waals surface area contributed by atoms with Gasteiger partial charge in [0.25, 0.3) is 0 Å². The molecule has 1 atom stereocenters. The van der Waals surface area contributed by atoms with Crippen LogP contribution in [0.5, 0.6) is 0 Å². The van der Waals surface area contributed by atoms with E-state index in [-0.39, 0.29) is 5.78 Å². The topological polar surface area (TPSA) is 103 Å². The molecule has 8 heteroatoms. The highest BCUT2D eigenvalue weighted by Crippen LogP contribution is 2.22. The molecule has 0 spiro atoms. The average molecular weight is 379 g/mol. The maximum Gasteiger partial charge on any atom is 0.342 e. The second-order valence-corrected chi connectivity index (χ2v) is 7.83. The fraction of sp³-hybridized carbons (Fsp3) is 0.333. The lowest BCUT2D eigenvalue weighted by atomic mass is 10.1. The van der Waals surface area contributed by atoms with Crippen LogP contribution in [0, 0.1) is 20.8 Å². The van der Waals surface area contributed by atoms with E-state index in [1.54, 1.807) is 20.8 Å². The number of furan rings is 1. The number of hydrogen-bond acceptors (Lipinski definition) is 6. The summed E-state index contributed by atoms with van der Waals surface area (Å²) in [6, 6.07) is 5.88. The van der Waals surface area contributed by atoms with Gasteiger partial charge in [0.1, 0.15) is 17.1 Å². The first kappa shape index (κ1) is 19.7. The second kappa shape index (κ2) is 7.33. The lowest BCUT2D eigenvalue weighted by Gasteiger charge is -2.13. The molecule has 0 saturated heterocycles. The lowest BCUT2D eigenvalue weighted by molar-refractivity contribution is 0.0316. The molecule has 0 amide bonds. The van der Waals surface area contributed by atoms with Gasteiger partial charge in [0.05, 0.1) is 6.26 Å². The number of aryl methyl sites for hydroxylation is 2. The van der Waals surface area contributed by atoms with Gasteiger partial charge in [0.15, 0.2) is 6.10 Å². The number of ether oxygens (including phenoxy) is 1. The predicted molar refractivity (Wildman–Crippen MR) is 97.0 cm³/mol. The zero-order valence-corrected chi connectivity index (χ0v) is 16.1. The van der Waals surface area contributed by atoms with Crippen LogP contribution in [0.1, 0.15) is 44.7 Å². The molecule has 2 rings (SSSR count). The van der Waals surface area contributed by atoms with Gasteiger partial charge in [-0.05, 0) is 52.0 Å². The van der Waals surface area contributed by atoms with Crippen molar-refractivity contribution in [1.29, 1.82) is 0 Å². The van der Waals surface area contributed by atoms with Gasteiger partial charge < -0.3 is 9.15 Å². The standard InChI is InChI=1S/C18H21NO6S/c1-10-11(2)24-12(3)16(10)18(21)25-13(4)17(20)14-6-8-15(9-7-14)19-26(5,22)23/h6-9,13,19H,1-5H3/t13-/m0/s1. The van der Waals surface area contributed by atoms with E-state index in [4.69, 9.17) is 9.15 Å². The first-order chi connectivity index (χ1) is 12.0. The van der Waals surface area contributed by atoms with E-state index in [0.717, 1.165) is 6.26 Å². The van der Waals surface area contributed by atoms with E-state index < -0.39 is 22.1 Å². The Morgan fingerprint density at radius 2 is 1.65 bits per heavy atom. The summed E-state index contributed by atoms with van der Waals surface area (Å²) in [4.78, 5) is 24.8. The molecule has 0 unspecified atom stereocenters. The fourth-order valence-corrected chi connectivity index (χ4v) is 3.08. The van der Waals surface area contributed by atoms with Crippen molar-refractivity contribution >= 4 is 27.5 Å². The first-order valence-electron chi connectivity index (χ1n) is 7.89. The van der Waals surface area contributed by atoms with E-state index in [9.17, 15) is 18.0 Å². The molecule has 1 N–H and O–H groups in total. The number of anilines is 1. The Morgan fingerprint density at radius 1 is 1.08 bits per heavy atom. The highest BCUT2D eigenvalue weighted by molar-refractivity contribution is 7.92. The van der Waals surface area contributed by atoms with Crippen molar-refractivity contribution in [3.63, 3.8) is 0 Å². The van der Waals surface area contributed by atoms with Crippen molar-refractivity contribution < 1.29 is 27.2 Å². The maximum atomic E-state index is 12.4. The quantitative estimate of drug-likeness (QED) is 0.611. The summed E-state index contributed by atoms with van der Waals surface area (Å²) in [5.41, 5.74) is 1.66. The zero-order chi connectivity index (χ0) is 19.6. The summed E-state index contributed by atoms with van der Waals surface area (Å²) < 4.78 is 35.4. The van der Waals surface area contributed by atoms with E-state index in [1.807, 2.05) is 0 Å². The SMILES string of the molecule is Cc1oc(C)c(C(=O)O[C@@H](C)C(=O)c2ccc(NS(C)(=O)=O)cc2)c1C. The van der Waals surface area contributed by atoms with Crippen LogP contribution in [-0.2, 0) is 14.8 Å². The summed E-state index contributed by atoms with van der Waals surface area (Å²) in [7, 11) is -3.39. The molecule has 0 radical (unpaired) electrons. The zero-order valence-electron chi connectivity index (χ0n) is 15.2. The molecule has 1 aromatic carbocycles. The Labute approximate surface area is 152 Å². The minimum Gasteiger partial charge on any atom is -0.465 e. The molecular formula is C18H21NO6S. The number of ketones is 1. The number of rotatable bonds is 6. The third-order valence-electron chi connectivity index (χ3n) is 3.89. The Balaban J connectivity index is 2.10. The summed E-state index contributed by atoms with van der Waals surface area (Å²) >= 11 is 0. The van der Waals surface area contributed by atoms with Crippen LogP contribution >= 0.6 is 0 Å². The molecule has 1 aromatic heterocycles. The number of carbonyl (C=O) groups is 2. The van der Waals surface area contributed by atoms with Gasteiger partial charge >= 0.3 is 5.97 Å². The van der Waals surface area contributed by atoms with Crippen molar-refractivity contribution in [3.05, 3.63) is 52.5 Å². The number of nitrogens with one attached hydrogen (secondary N) is 1. The van der Waals surface area contributed by atoms with Gasteiger partial charge in [-0.1, -0.05) is 0 Å². The summed E-state index contributed by atoms with van der Waals surface area (Å²) in [6.45, 7) is 6.65. The molecular weight excluding hydrogens is 358 g/mol. The number of Topliss-reactive ketones (excluding diaryl/α,β-unsaturated/α-hetero) is 1. The minimum atomic E-state index is -3.39. The normalized spacial score (nSPS) is 12.5. The first-order valence-corrected chi connectivity index (χ1v) is 9.78. The molecule has 0 aliphatic carbocycles. The average Bonchev–Trinajstić information content (AvgIpc) is 2.78. The van der Waals surface area contributed by atoms with E-state index >= 15 is 0 Å². The van der Waals surface area contributed by atoms with E-state index in [2.05, 4.69) is 4.72 Å². The second-order valence-electron chi connectivity index (χ2n) is 6.08. The van der Waals surface area contributed by atoms with Crippen LogP contribution in [0.25, 0.3) is 0 Å². The van der Waals surface area contributed by atoms with Crippen LogP contribution in [0.15, 0.2) is 28.7 Å². The number of sulfonamides is 1. The Bertz CT molecular complexity index is 941. The number of benzene rings is 1. The third kappa shape index (κ3) is 4.51. The summed E-state index contributed by atoms with van der Waals surface area (Å²) in [6.07, 6.45) is 0.0417. The highest BCUT2D eigenvalue weighted by Gasteiger charge is 2.25. The van der Waals surface area contributed by atoms with E-state index in [0.29, 0.717) is 33.9 Å². The predicted octanol–water partition coefficient (Wildman–Crippen LogP) is 3.00. The lowest BCUT2D eigenvalue weighted by Crippen LogP contribution is -2.25. The monoisotopic (exact) mass is 379 g/mol. The minimum absolute atomic E-state index is 0.307. The van der Waals surface area contributed by atoms with Crippen LogP contribution in [0.3, 0.4) is 0 Å². The van der Waals surface area contributed by atoms with Crippen molar-refractivity contribution in [2.24, 2.45) is 0 Å².